The van der Waals surface area contributed by atoms with Gasteiger partial charge in [0.15, 0.2) is 0 Å². The molecule has 0 aromatic carbocycles. The lowest BCUT2D eigenvalue weighted by atomic mass is 9.96. The molecule has 0 amide bonds. The summed E-state index contributed by atoms with van der Waals surface area (Å²) in [6, 6.07) is 0. The molecule has 0 spiro atoms. The smallest absolute Gasteiger partial charge is 0.111 e. The number of aliphatic hydroxyl groups excluding tert-OH is 1. The molecular formula is C6H12O3. The van der Waals surface area contributed by atoms with E-state index in [9.17, 15) is 5.11 Å². The lowest BCUT2D eigenvalue weighted by molar-refractivity contribution is -0.148. The average Bonchev–Trinajstić information content (AvgIpc) is 1.77. The molecule has 1 fully saturated rings. The zero-order valence-corrected chi connectivity index (χ0v) is 5.50. The van der Waals surface area contributed by atoms with Crippen LogP contribution < -0.4 is 0 Å². The normalized spacial score (nSPS) is 45.0. The molecule has 0 unspecified atom stereocenters. The molecule has 54 valence electrons. The van der Waals surface area contributed by atoms with Gasteiger partial charge < -0.3 is 14.9 Å². The van der Waals surface area contributed by atoms with E-state index in [0.717, 1.165) is 0 Å². The highest BCUT2D eigenvalue weighted by molar-refractivity contribution is 4.84. The van der Waals surface area contributed by atoms with Gasteiger partial charge in [0, 0.05) is 6.61 Å². The van der Waals surface area contributed by atoms with E-state index in [2.05, 4.69) is 0 Å². The maximum Gasteiger partial charge on any atom is 0.111 e. The molecule has 0 radical (unpaired) electrons. The van der Waals surface area contributed by atoms with Crippen LogP contribution in [0.1, 0.15) is 13.3 Å². The van der Waals surface area contributed by atoms with Crippen molar-refractivity contribution in [3.8, 4) is 0 Å². The number of rotatable bonds is 0. The summed E-state index contributed by atoms with van der Waals surface area (Å²) in [6.07, 6.45) is -0.0845. The van der Waals surface area contributed by atoms with Crippen molar-refractivity contribution < 1.29 is 14.9 Å². The first kappa shape index (κ1) is 6.99. The Morgan fingerprint density at radius 1 is 1.67 bits per heavy atom. The predicted molar refractivity (Wildman–Crippen MR) is 32.1 cm³/mol. The Balaban J connectivity index is 2.49. The fourth-order valence-corrected chi connectivity index (χ4v) is 0.881. The second kappa shape index (κ2) is 2.25. The van der Waals surface area contributed by atoms with Crippen molar-refractivity contribution in [2.24, 2.45) is 0 Å². The van der Waals surface area contributed by atoms with Crippen LogP contribution in [-0.4, -0.2) is 35.1 Å². The Morgan fingerprint density at radius 3 is 2.67 bits per heavy atom. The fraction of sp³-hybridized carbons (Fsp3) is 1.00. The zero-order chi connectivity index (χ0) is 6.91. The highest BCUT2D eigenvalue weighted by Gasteiger charge is 2.33. The van der Waals surface area contributed by atoms with Gasteiger partial charge in [0.25, 0.3) is 0 Å². The first-order chi connectivity index (χ1) is 4.13. The van der Waals surface area contributed by atoms with Crippen LogP contribution in [-0.2, 0) is 4.74 Å². The van der Waals surface area contributed by atoms with Crippen molar-refractivity contribution in [3.63, 3.8) is 0 Å². The van der Waals surface area contributed by atoms with Crippen LogP contribution in [0.3, 0.4) is 0 Å². The van der Waals surface area contributed by atoms with Gasteiger partial charge in [-0.05, 0) is 13.3 Å². The van der Waals surface area contributed by atoms with Crippen molar-refractivity contribution in [3.05, 3.63) is 0 Å². The van der Waals surface area contributed by atoms with E-state index in [-0.39, 0.29) is 6.61 Å². The molecule has 0 bridgehead atoms. The molecule has 3 nitrogen and oxygen atoms in total. The second-order valence-electron chi connectivity index (χ2n) is 2.71. The maximum absolute atomic E-state index is 9.27. The lowest BCUT2D eigenvalue weighted by Crippen LogP contribution is -2.47. The first-order valence-corrected chi connectivity index (χ1v) is 3.11. The molecule has 1 rings (SSSR count). The third-order valence-corrected chi connectivity index (χ3v) is 1.65. The Labute approximate surface area is 54.3 Å². The quantitative estimate of drug-likeness (QED) is 0.468. The molecule has 1 saturated heterocycles. The minimum Gasteiger partial charge on any atom is -0.390 e. The topological polar surface area (TPSA) is 49.7 Å². The molecular weight excluding hydrogens is 120 g/mol. The summed E-state index contributed by atoms with van der Waals surface area (Å²) >= 11 is 0. The molecule has 2 N–H and O–H groups in total. The second-order valence-corrected chi connectivity index (χ2v) is 2.71. The summed E-state index contributed by atoms with van der Waals surface area (Å²) in [4.78, 5) is 0. The van der Waals surface area contributed by atoms with Gasteiger partial charge in [-0.2, -0.15) is 0 Å². The van der Waals surface area contributed by atoms with Gasteiger partial charge in [0.05, 0.1) is 12.7 Å². The summed E-state index contributed by atoms with van der Waals surface area (Å²) in [5.41, 5.74) is -1.03. The summed E-state index contributed by atoms with van der Waals surface area (Å²) in [5, 5.41) is 18.4. The van der Waals surface area contributed by atoms with E-state index in [0.29, 0.717) is 13.0 Å². The van der Waals surface area contributed by atoms with Gasteiger partial charge in [-0.1, -0.05) is 0 Å². The van der Waals surface area contributed by atoms with Gasteiger partial charge >= 0.3 is 0 Å². The van der Waals surface area contributed by atoms with E-state index >= 15 is 0 Å². The third-order valence-electron chi connectivity index (χ3n) is 1.65. The highest BCUT2D eigenvalue weighted by atomic mass is 16.5. The largest absolute Gasteiger partial charge is 0.390 e. The molecule has 1 aliphatic heterocycles. The van der Waals surface area contributed by atoms with Crippen LogP contribution in [0.15, 0.2) is 0 Å². The number of ether oxygens (including phenoxy) is 1. The van der Waals surface area contributed by atoms with Crippen LogP contribution in [0.2, 0.25) is 0 Å². The fourth-order valence-electron chi connectivity index (χ4n) is 0.881. The molecule has 1 aliphatic rings. The molecule has 9 heavy (non-hydrogen) atoms. The molecule has 0 aliphatic carbocycles. The van der Waals surface area contributed by atoms with Gasteiger partial charge in [-0.25, -0.2) is 0 Å². The SMILES string of the molecule is C[C@]1(O)COCC[C@H]1O. The van der Waals surface area contributed by atoms with Crippen LogP contribution >= 0.6 is 0 Å². The average molecular weight is 132 g/mol. The predicted octanol–water partition coefficient (Wildman–Crippen LogP) is -0.481. The minimum absolute atomic E-state index is 0.244. The van der Waals surface area contributed by atoms with Crippen molar-refractivity contribution >= 4 is 0 Å². The standard InChI is InChI=1S/C6H12O3/c1-6(8)4-9-3-2-5(6)7/h5,7-8H,2-4H2,1H3/t5-,6+/m1/s1. The van der Waals surface area contributed by atoms with Gasteiger partial charge in [-0.15, -0.1) is 0 Å². The van der Waals surface area contributed by atoms with Gasteiger partial charge in [-0.3, -0.25) is 0 Å². The van der Waals surface area contributed by atoms with Crippen molar-refractivity contribution in [1.82, 2.24) is 0 Å². The molecule has 0 aromatic rings. The number of aliphatic hydroxyl groups is 2. The van der Waals surface area contributed by atoms with E-state index in [1.807, 2.05) is 0 Å². The first-order valence-electron chi connectivity index (χ1n) is 3.11. The van der Waals surface area contributed by atoms with E-state index in [1.54, 1.807) is 6.92 Å². The Bertz CT molecular complexity index is 100. The molecule has 3 heteroatoms. The van der Waals surface area contributed by atoms with Crippen LogP contribution in [0, 0.1) is 0 Å². The van der Waals surface area contributed by atoms with Crippen LogP contribution in [0.25, 0.3) is 0 Å². The van der Waals surface area contributed by atoms with Crippen molar-refractivity contribution in [1.29, 1.82) is 0 Å². The Kier molecular flexibility index (Phi) is 1.75. The van der Waals surface area contributed by atoms with Crippen molar-refractivity contribution in [2.45, 2.75) is 25.0 Å². The zero-order valence-electron chi connectivity index (χ0n) is 5.50. The van der Waals surface area contributed by atoms with Crippen molar-refractivity contribution in [2.75, 3.05) is 13.2 Å². The summed E-state index contributed by atoms with van der Waals surface area (Å²) in [7, 11) is 0. The van der Waals surface area contributed by atoms with Gasteiger partial charge in [0.1, 0.15) is 5.60 Å². The molecule has 2 atom stereocenters. The Morgan fingerprint density at radius 2 is 2.33 bits per heavy atom. The van der Waals surface area contributed by atoms with Gasteiger partial charge in [0.2, 0.25) is 0 Å². The lowest BCUT2D eigenvalue weighted by Gasteiger charge is -2.32. The monoisotopic (exact) mass is 132 g/mol. The Hall–Kier alpha value is -0.120. The highest BCUT2D eigenvalue weighted by Crippen LogP contribution is 2.17. The molecule has 0 aromatic heterocycles. The summed E-state index contributed by atoms with van der Waals surface area (Å²) in [6.45, 7) is 2.38. The van der Waals surface area contributed by atoms with E-state index in [4.69, 9.17) is 9.84 Å². The van der Waals surface area contributed by atoms with Crippen LogP contribution in [0.5, 0.6) is 0 Å². The van der Waals surface area contributed by atoms with E-state index < -0.39 is 11.7 Å². The molecule has 1 heterocycles. The number of hydrogen-bond donors (Lipinski definition) is 2. The summed E-state index contributed by atoms with van der Waals surface area (Å²) in [5.74, 6) is 0. The maximum atomic E-state index is 9.27. The minimum atomic E-state index is -1.03. The number of hydrogen-bond acceptors (Lipinski definition) is 3. The molecule has 0 saturated carbocycles. The van der Waals surface area contributed by atoms with Crippen LogP contribution in [0.4, 0.5) is 0 Å². The third kappa shape index (κ3) is 1.41. The van der Waals surface area contributed by atoms with E-state index in [1.165, 1.54) is 0 Å². The summed E-state index contributed by atoms with van der Waals surface area (Å²) < 4.78 is 4.95.